The Balaban J connectivity index is 1.79. The van der Waals surface area contributed by atoms with Gasteiger partial charge in [-0.25, -0.2) is 9.37 Å². The van der Waals surface area contributed by atoms with Crippen molar-refractivity contribution < 1.29 is 9.18 Å². The van der Waals surface area contributed by atoms with Gasteiger partial charge in [-0.1, -0.05) is 18.2 Å². The molecule has 0 spiro atoms. The van der Waals surface area contributed by atoms with Crippen molar-refractivity contribution in [3.63, 3.8) is 0 Å². The number of benzene rings is 2. The molecule has 3 nitrogen and oxygen atoms in total. The summed E-state index contributed by atoms with van der Waals surface area (Å²) in [6.07, 6.45) is 0. The standard InChI is InChI=1S/C20H13FN2OS/c21-14-5-7-15(8-6-14)22-20(24)17-11-19(13-9-10-25-12-13)23-18-4-2-1-3-16(17)18/h1-12H,(H,22,24). The smallest absolute Gasteiger partial charge is 0.256 e. The van der Waals surface area contributed by atoms with Gasteiger partial charge in [-0.05, 0) is 47.8 Å². The number of hydrogen-bond donors (Lipinski definition) is 1. The molecule has 0 aliphatic heterocycles. The maximum absolute atomic E-state index is 13.0. The molecule has 0 bridgehead atoms. The van der Waals surface area contributed by atoms with Crippen molar-refractivity contribution in [1.82, 2.24) is 4.98 Å². The maximum Gasteiger partial charge on any atom is 0.256 e. The monoisotopic (exact) mass is 348 g/mol. The van der Waals surface area contributed by atoms with E-state index in [0.717, 1.165) is 22.2 Å². The number of carbonyl (C=O) groups excluding carboxylic acids is 1. The number of hydrogen-bond acceptors (Lipinski definition) is 3. The molecule has 122 valence electrons. The van der Waals surface area contributed by atoms with Crippen LogP contribution in [0.15, 0.2) is 71.4 Å². The first-order valence-corrected chi connectivity index (χ1v) is 8.64. The van der Waals surface area contributed by atoms with E-state index >= 15 is 0 Å². The van der Waals surface area contributed by atoms with Crippen LogP contribution in [0, 0.1) is 5.82 Å². The Hall–Kier alpha value is -3.05. The molecular formula is C20H13FN2OS. The minimum absolute atomic E-state index is 0.248. The number of carbonyl (C=O) groups is 1. The van der Waals surface area contributed by atoms with Crippen LogP contribution in [0.5, 0.6) is 0 Å². The van der Waals surface area contributed by atoms with Crippen molar-refractivity contribution in [3.05, 3.63) is 82.8 Å². The predicted molar refractivity (Wildman–Crippen MR) is 99.4 cm³/mol. The molecule has 0 aliphatic carbocycles. The van der Waals surface area contributed by atoms with Crippen molar-refractivity contribution in [1.29, 1.82) is 0 Å². The number of nitrogens with zero attached hydrogens (tertiary/aromatic N) is 1. The molecule has 1 amide bonds. The van der Waals surface area contributed by atoms with Crippen LogP contribution in [-0.2, 0) is 0 Å². The van der Waals surface area contributed by atoms with Crippen molar-refractivity contribution in [3.8, 4) is 11.3 Å². The number of pyridine rings is 1. The molecule has 2 aromatic carbocycles. The summed E-state index contributed by atoms with van der Waals surface area (Å²) in [5.74, 6) is -0.589. The van der Waals surface area contributed by atoms with Gasteiger partial charge >= 0.3 is 0 Å². The third-order valence-electron chi connectivity index (χ3n) is 3.88. The SMILES string of the molecule is O=C(Nc1ccc(F)cc1)c1cc(-c2ccsc2)nc2ccccc12. The van der Waals surface area contributed by atoms with Crippen LogP contribution < -0.4 is 5.32 Å². The molecule has 2 heterocycles. The Bertz CT molecular complexity index is 1040. The quantitative estimate of drug-likeness (QED) is 0.542. The maximum atomic E-state index is 13.0. The zero-order valence-corrected chi connectivity index (χ0v) is 13.9. The summed E-state index contributed by atoms with van der Waals surface area (Å²) >= 11 is 1.58. The lowest BCUT2D eigenvalue weighted by Crippen LogP contribution is -2.13. The Morgan fingerprint density at radius 1 is 1.04 bits per heavy atom. The van der Waals surface area contributed by atoms with E-state index in [-0.39, 0.29) is 11.7 Å². The Kier molecular flexibility index (Phi) is 3.99. The number of nitrogens with one attached hydrogen (secondary N) is 1. The number of amides is 1. The van der Waals surface area contributed by atoms with Crippen molar-refractivity contribution >= 4 is 33.8 Å². The molecule has 25 heavy (non-hydrogen) atoms. The average molecular weight is 348 g/mol. The second-order valence-electron chi connectivity index (χ2n) is 5.55. The van der Waals surface area contributed by atoms with Crippen LogP contribution in [-0.4, -0.2) is 10.9 Å². The van der Waals surface area contributed by atoms with Gasteiger partial charge in [-0.2, -0.15) is 11.3 Å². The topological polar surface area (TPSA) is 42.0 Å². The summed E-state index contributed by atoms with van der Waals surface area (Å²) < 4.78 is 13.0. The molecule has 4 aromatic rings. The third kappa shape index (κ3) is 3.14. The highest BCUT2D eigenvalue weighted by Crippen LogP contribution is 2.27. The van der Waals surface area contributed by atoms with E-state index in [1.165, 1.54) is 24.3 Å². The summed E-state index contributed by atoms with van der Waals surface area (Å²) in [5.41, 5.74) is 3.58. The van der Waals surface area contributed by atoms with E-state index in [2.05, 4.69) is 10.3 Å². The minimum atomic E-state index is -0.341. The Morgan fingerprint density at radius 2 is 1.84 bits per heavy atom. The zero-order valence-electron chi connectivity index (χ0n) is 13.1. The minimum Gasteiger partial charge on any atom is -0.322 e. The Labute approximate surface area is 147 Å². The van der Waals surface area contributed by atoms with Crippen LogP contribution in [0.4, 0.5) is 10.1 Å². The fourth-order valence-electron chi connectivity index (χ4n) is 2.65. The number of anilines is 1. The molecule has 0 saturated heterocycles. The van der Waals surface area contributed by atoms with E-state index < -0.39 is 0 Å². The number of para-hydroxylation sites is 1. The number of fused-ring (bicyclic) bond motifs is 1. The highest BCUT2D eigenvalue weighted by atomic mass is 32.1. The molecule has 5 heteroatoms. The molecule has 1 N–H and O–H groups in total. The molecular weight excluding hydrogens is 335 g/mol. The summed E-state index contributed by atoms with van der Waals surface area (Å²) in [6, 6.07) is 17.0. The molecule has 0 fully saturated rings. The van der Waals surface area contributed by atoms with Gasteiger partial charge in [0, 0.05) is 22.0 Å². The van der Waals surface area contributed by atoms with Crippen molar-refractivity contribution in [2.75, 3.05) is 5.32 Å². The summed E-state index contributed by atoms with van der Waals surface area (Å²) in [7, 11) is 0. The van der Waals surface area contributed by atoms with Crippen molar-refractivity contribution in [2.45, 2.75) is 0 Å². The van der Waals surface area contributed by atoms with Crippen molar-refractivity contribution in [2.24, 2.45) is 0 Å². The number of halogens is 1. The normalized spacial score (nSPS) is 10.8. The first-order valence-electron chi connectivity index (χ1n) is 7.70. The van der Waals surface area contributed by atoms with Gasteiger partial charge in [-0.15, -0.1) is 0 Å². The molecule has 0 aliphatic rings. The first-order chi connectivity index (χ1) is 12.2. The van der Waals surface area contributed by atoms with Crippen LogP contribution in [0.1, 0.15) is 10.4 Å². The van der Waals surface area contributed by atoms with E-state index in [9.17, 15) is 9.18 Å². The largest absolute Gasteiger partial charge is 0.322 e. The molecule has 0 saturated carbocycles. The van der Waals surface area contributed by atoms with Crippen LogP contribution >= 0.6 is 11.3 Å². The lowest BCUT2D eigenvalue weighted by atomic mass is 10.0. The lowest BCUT2D eigenvalue weighted by Gasteiger charge is -2.10. The fraction of sp³-hybridized carbons (Fsp3) is 0. The van der Waals surface area contributed by atoms with Crippen LogP contribution in [0.25, 0.3) is 22.2 Å². The van der Waals surface area contributed by atoms with Gasteiger partial charge in [0.2, 0.25) is 0 Å². The highest BCUT2D eigenvalue weighted by molar-refractivity contribution is 7.08. The lowest BCUT2D eigenvalue weighted by molar-refractivity contribution is 0.102. The van der Waals surface area contributed by atoms with E-state index in [0.29, 0.717) is 11.3 Å². The highest BCUT2D eigenvalue weighted by Gasteiger charge is 2.14. The van der Waals surface area contributed by atoms with E-state index in [1.54, 1.807) is 17.4 Å². The van der Waals surface area contributed by atoms with Crippen LogP contribution in [0.2, 0.25) is 0 Å². The predicted octanol–water partition coefficient (Wildman–Crippen LogP) is 5.35. The van der Waals surface area contributed by atoms with Gasteiger partial charge in [0.25, 0.3) is 5.91 Å². The summed E-state index contributed by atoms with van der Waals surface area (Å²) in [4.78, 5) is 17.5. The number of rotatable bonds is 3. The summed E-state index contributed by atoms with van der Waals surface area (Å²) in [6.45, 7) is 0. The molecule has 2 aromatic heterocycles. The molecule has 4 rings (SSSR count). The van der Waals surface area contributed by atoms with Gasteiger partial charge in [-0.3, -0.25) is 4.79 Å². The van der Waals surface area contributed by atoms with E-state index in [4.69, 9.17) is 0 Å². The number of aromatic nitrogens is 1. The van der Waals surface area contributed by atoms with E-state index in [1.807, 2.05) is 41.1 Å². The summed E-state index contributed by atoms with van der Waals surface area (Å²) in [5, 5.41) is 7.57. The molecule has 0 unspecified atom stereocenters. The average Bonchev–Trinajstić information content (AvgIpc) is 3.17. The zero-order chi connectivity index (χ0) is 17.2. The van der Waals surface area contributed by atoms with Gasteiger partial charge in [0.05, 0.1) is 16.8 Å². The third-order valence-corrected chi connectivity index (χ3v) is 4.56. The van der Waals surface area contributed by atoms with Gasteiger partial charge in [0.1, 0.15) is 5.82 Å². The number of thiophene rings is 1. The Morgan fingerprint density at radius 3 is 2.60 bits per heavy atom. The molecule has 0 atom stereocenters. The first kappa shape index (κ1) is 15.5. The van der Waals surface area contributed by atoms with Crippen LogP contribution in [0.3, 0.4) is 0 Å². The fourth-order valence-corrected chi connectivity index (χ4v) is 3.30. The molecule has 0 radical (unpaired) electrons. The second kappa shape index (κ2) is 6.45. The van der Waals surface area contributed by atoms with Gasteiger partial charge in [0.15, 0.2) is 0 Å². The van der Waals surface area contributed by atoms with Gasteiger partial charge < -0.3 is 5.32 Å². The second-order valence-corrected chi connectivity index (χ2v) is 6.33.